The molecule has 1 aromatic rings. The predicted molar refractivity (Wildman–Crippen MR) is 92.5 cm³/mol. The highest BCUT2D eigenvalue weighted by Gasteiger charge is 2.56. The molecule has 1 fully saturated rings. The molecule has 4 unspecified atom stereocenters. The lowest BCUT2D eigenvalue weighted by molar-refractivity contribution is -0.142. The molecule has 3 nitrogen and oxygen atoms in total. The summed E-state index contributed by atoms with van der Waals surface area (Å²) in [7, 11) is 0. The van der Waals surface area contributed by atoms with Crippen LogP contribution in [0.3, 0.4) is 0 Å². The Morgan fingerprint density at radius 2 is 1.91 bits per heavy atom. The molecule has 0 radical (unpaired) electrons. The van der Waals surface area contributed by atoms with Crippen molar-refractivity contribution in [2.24, 2.45) is 11.3 Å². The van der Waals surface area contributed by atoms with Crippen LogP contribution in [0, 0.1) is 18.3 Å². The number of phenolic OH excluding ortho intramolecular Hbond substituents is 1. The van der Waals surface area contributed by atoms with Crippen molar-refractivity contribution in [3.05, 3.63) is 34.9 Å². The van der Waals surface area contributed by atoms with E-state index in [2.05, 4.69) is 27.4 Å². The Hall–Kier alpha value is -1.32. The van der Waals surface area contributed by atoms with Crippen molar-refractivity contribution in [1.82, 2.24) is 0 Å². The largest absolute Gasteiger partial charge is 0.508 e. The maximum atomic E-state index is 10.5. The van der Waals surface area contributed by atoms with E-state index >= 15 is 0 Å². The Morgan fingerprint density at radius 1 is 1.26 bits per heavy atom. The summed E-state index contributed by atoms with van der Waals surface area (Å²) in [5.74, 6) is 0.555. The third-order valence-corrected chi connectivity index (χ3v) is 6.65. The topological polar surface area (TPSA) is 60.7 Å². The van der Waals surface area contributed by atoms with Gasteiger partial charge in [-0.3, -0.25) is 0 Å². The summed E-state index contributed by atoms with van der Waals surface area (Å²) in [6.07, 6.45) is 2.80. The summed E-state index contributed by atoms with van der Waals surface area (Å²) in [5.41, 5.74) is 3.64. The fourth-order valence-electron chi connectivity index (χ4n) is 5.38. The van der Waals surface area contributed by atoms with Crippen molar-refractivity contribution in [3.8, 4) is 5.75 Å². The first-order chi connectivity index (χ1) is 10.6. The number of rotatable bonds is 1. The fourth-order valence-corrected chi connectivity index (χ4v) is 5.38. The molecule has 0 saturated heterocycles. The van der Waals surface area contributed by atoms with Gasteiger partial charge in [-0.2, -0.15) is 0 Å². The molecule has 3 N–H and O–H groups in total. The van der Waals surface area contributed by atoms with E-state index in [9.17, 15) is 15.3 Å². The second-order valence-corrected chi connectivity index (χ2v) is 8.21. The lowest BCUT2D eigenvalue weighted by atomic mass is 9.48. The van der Waals surface area contributed by atoms with Crippen LogP contribution in [0.4, 0.5) is 0 Å². The number of hydrogen-bond acceptors (Lipinski definition) is 3. The molecule has 23 heavy (non-hydrogen) atoms. The van der Waals surface area contributed by atoms with Crippen LogP contribution in [0.15, 0.2) is 12.6 Å². The first-order valence-corrected chi connectivity index (χ1v) is 8.49. The minimum absolute atomic E-state index is 0.251. The van der Waals surface area contributed by atoms with Crippen molar-refractivity contribution >= 4 is 6.08 Å². The summed E-state index contributed by atoms with van der Waals surface area (Å²) in [6.45, 7) is 12.1. The van der Waals surface area contributed by atoms with Crippen LogP contribution in [-0.2, 0) is 11.8 Å². The molecule has 0 bridgehead atoms. The molecule has 2 aliphatic carbocycles. The Labute approximate surface area is 138 Å². The molecule has 1 saturated carbocycles. The average molecular weight is 316 g/mol. The van der Waals surface area contributed by atoms with Crippen LogP contribution >= 0.6 is 0 Å². The number of fused-ring (bicyclic) bond motifs is 3. The van der Waals surface area contributed by atoms with Crippen LogP contribution in [0.1, 0.15) is 55.9 Å². The quantitative estimate of drug-likeness (QED) is 0.745. The number of benzene rings is 1. The number of hydrogen-bond donors (Lipinski definition) is 3. The Bertz CT molecular complexity index is 661. The summed E-state index contributed by atoms with van der Waals surface area (Å²) in [5, 5.41) is 31.3. The third kappa shape index (κ3) is 2.10. The van der Waals surface area contributed by atoms with Crippen LogP contribution in [-0.4, -0.2) is 27.5 Å². The van der Waals surface area contributed by atoms with E-state index in [1.165, 1.54) is 5.56 Å². The first kappa shape index (κ1) is 16.5. The van der Waals surface area contributed by atoms with Gasteiger partial charge in [-0.1, -0.05) is 33.4 Å². The minimum Gasteiger partial charge on any atom is -0.508 e. The van der Waals surface area contributed by atoms with Gasteiger partial charge in [0.15, 0.2) is 0 Å². The highest BCUT2D eigenvalue weighted by atomic mass is 16.3. The van der Waals surface area contributed by atoms with Gasteiger partial charge in [-0.05, 0) is 71.3 Å². The molecule has 2 aliphatic rings. The van der Waals surface area contributed by atoms with Gasteiger partial charge < -0.3 is 15.3 Å². The molecule has 0 aliphatic heterocycles. The molecule has 126 valence electrons. The fraction of sp³-hybridized carbons (Fsp3) is 0.600. The zero-order valence-electron chi connectivity index (χ0n) is 14.6. The molecular formula is C20H28O3. The highest BCUT2D eigenvalue weighted by Crippen LogP contribution is 2.58. The van der Waals surface area contributed by atoms with Crippen molar-refractivity contribution in [1.29, 1.82) is 0 Å². The molecular weight excluding hydrogens is 288 g/mol. The van der Waals surface area contributed by atoms with E-state index in [4.69, 9.17) is 0 Å². The normalized spacial score (nSPS) is 35.3. The summed E-state index contributed by atoms with van der Waals surface area (Å²) >= 11 is 0. The number of aliphatic hydroxyl groups excluding tert-OH is 2. The standard InChI is InChI=1S/C20H28O3/c1-6-12-11(2)15(21)9-14-13(12)7-8-17-19(3,4)18(23)16(22)10-20(14,17)5/h6,9,16-18,21-23H,1,7-8,10H2,2-5H3. The van der Waals surface area contributed by atoms with E-state index in [1.54, 1.807) is 0 Å². The Kier molecular flexibility index (Phi) is 3.66. The summed E-state index contributed by atoms with van der Waals surface area (Å²) in [4.78, 5) is 0. The van der Waals surface area contributed by atoms with Gasteiger partial charge in [0.25, 0.3) is 0 Å². The monoisotopic (exact) mass is 316 g/mol. The molecule has 3 heteroatoms. The molecule has 3 rings (SSSR count). The summed E-state index contributed by atoms with van der Waals surface area (Å²) in [6, 6.07) is 1.88. The van der Waals surface area contributed by atoms with Crippen LogP contribution < -0.4 is 0 Å². The van der Waals surface area contributed by atoms with Gasteiger partial charge in [-0.25, -0.2) is 0 Å². The molecule has 0 amide bonds. The highest BCUT2D eigenvalue weighted by molar-refractivity contribution is 5.64. The molecule has 0 spiro atoms. The Morgan fingerprint density at radius 3 is 2.52 bits per heavy atom. The van der Waals surface area contributed by atoms with Crippen LogP contribution in [0.2, 0.25) is 0 Å². The maximum absolute atomic E-state index is 10.5. The Balaban J connectivity index is 2.24. The van der Waals surface area contributed by atoms with Crippen LogP contribution in [0.25, 0.3) is 6.08 Å². The van der Waals surface area contributed by atoms with Gasteiger partial charge >= 0.3 is 0 Å². The smallest absolute Gasteiger partial charge is 0.119 e. The summed E-state index contributed by atoms with van der Waals surface area (Å²) < 4.78 is 0. The van der Waals surface area contributed by atoms with Gasteiger partial charge in [0.1, 0.15) is 5.75 Å². The average Bonchev–Trinajstić information content (AvgIpc) is 2.47. The second kappa shape index (κ2) is 5.09. The zero-order valence-corrected chi connectivity index (χ0v) is 14.6. The lowest BCUT2D eigenvalue weighted by Gasteiger charge is -2.57. The molecule has 1 aromatic carbocycles. The SMILES string of the molecule is C=Cc1c(C)c(O)cc2c1CCC1C2(C)CC(O)C(O)C1(C)C. The van der Waals surface area contributed by atoms with Gasteiger partial charge in [0.2, 0.25) is 0 Å². The molecule has 0 heterocycles. The van der Waals surface area contributed by atoms with Crippen molar-refractivity contribution < 1.29 is 15.3 Å². The van der Waals surface area contributed by atoms with Gasteiger partial charge in [0.05, 0.1) is 12.2 Å². The molecule has 0 aromatic heterocycles. The maximum Gasteiger partial charge on any atom is 0.119 e. The van der Waals surface area contributed by atoms with Gasteiger partial charge in [0, 0.05) is 0 Å². The number of aliphatic hydroxyl groups is 2. The first-order valence-electron chi connectivity index (χ1n) is 8.49. The molecule has 4 atom stereocenters. The van der Waals surface area contributed by atoms with E-state index in [0.29, 0.717) is 12.2 Å². The van der Waals surface area contributed by atoms with Crippen LogP contribution in [0.5, 0.6) is 5.75 Å². The van der Waals surface area contributed by atoms with E-state index in [1.807, 2.05) is 19.1 Å². The van der Waals surface area contributed by atoms with Crippen molar-refractivity contribution in [2.45, 2.75) is 64.6 Å². The third-order valence-electron chi connectivity index (χ3n) is 6.65. The van der Waals surface area contributed by atoms with E-state index < -0.39 is 12.2 Å². The predicted octanol–water partition coefficient (Wildman–Crippen LogP) is 3.32. The van der Waals surface area contributed by atoms with Crippen molar-refractivity contribution in [3.63, 3.8) is 0 Å². The van der Waals surface area contributed by atoms with E-state index in [-0.39, 0.29) is 16.7 Å². The number of phenols is 1. The van der Waals surface area contributed by atoms with E-state index in [0.717, 1.165) is 29.5 Å². The lowest BCUT2D eigenvalue weighted by Crippen LogP contribution is -2.59. The van der Waals surface area contributed by atoms with Gasteiger partial charge in [-0.15, -0.1) is 0 Å². The second-order valence-electron chi connectivity index (χ2n) is 8.21. The number of aromatic hydroxyl groups is 1. The van der Waals surface area contributed by atoms with Crippen molar-refractivity contribution in [2.75, 3.05) is 0 Å². The minimum atomic E-state index is -0.743. The zero-order chi connectivity index (χ0) is 17.2.